The van der Waals surface area contributed by atoms with Crippen molar-refractivity contribution in [3.63, 3.8) is 0 Å². The van der Waals surface area contributed by atoms with Gasteiger partial charge in [-0.25, -0.2) is 0 Å². The molecule has 0 aliphatic carbocycles. The molecule has 0 bridgehead atoms. The summed E-state index contributed by atoms with van der Waals surface area (Å²) in [4.78, 5) is 38.0. The minimum absolute atomic E-state index is 0.0624. The minimum atomic E-state index is -0.760. The Balaban J connectivity index is 4.30. The van der Waals surface area contributed by atoms with Crippen molar-refractivity contribution in [2.75, 3.05) is 13.2 Å². The normalized spacial score (nSPS) is 11.9. The third-order valence-corrected chi connectivity index (χ3v) is 12.3. The van der Waals surface area contributed by atoms with Gasteiger partial charge >= 0.3 is 17.9 Å². The van der Waals surface area contributed by atoms with Crippen LogP contribution >= 0.6 is 0 Å². The fraction of sp³-hybridized carbons (Fsp3) is 0.944. The third-order valence-electron chi connectivity index (χ3n) is 12.3. The van der Waals surface area contributed by atoms with Gasteiger partial charge in [0.2, 0.25) is 0 Å². The predicted molar refractivity (Wildman–Crippen MR) is 257 cm³/mol. The van der Waals surface area contributed by atoms with Gasteiger partial charge in [-0.1, -0.05) is 265 Å². The summed E-state index contributed by atoms with van der Waals surface area (Å²) in [7, 11) is 0. The van der Waals surface area contributed by atoms with Gasteiger partial charge < -0.3 is 14.2 Å². The van der Waals surface area contributed by atoms with Crippen LogP contribution in [0.5, 0.6) is 0 Å². The van der Waals surface area contributed by atoms with E-state index in [-0.39, 0.29) is 31.1 Å². The van der Waals surface area contributed by atoms with Crippen LogP contribution < -0.4 is 0 Å². The SMILES string of the molecule is CCCCCCCCCCCCCCCCCC(=O)O[C@H](COC(=O)CCCCCCCCCCCCCC)COC(=O)CCCCCCCCCCCCCCC(C)C. The Morgan fingerprint density at radius 1 is 0.317 bits per heavy atom. The maximum atomic E-state index is 12.8. The van der Waals surface area contributed by atoms with Gasteiger partial charge in [-0.05, 0) is 25.2 Å². The van der Waals surface area contributed by atoms with E-state index in [0.717, 1.165) is 63.7 Å². The van der Waals surface area contributed by atoms with Gasteiger partial charge in [0.15, 0.2) is 6.10 Å². The average Bonchev–Trinajstić information content (AvgIpc) is 3.23. The van der Waals surface area contributed by atoms with Gasteiger partial charge in [-0.2, -0.15) is 0 Å². The highest BCUT2D eigenvalue weighted by Gasteiger charge is 2.19. The number of carbonyl (C=O) groups excluding carboxylic acids is 3. The summed E-state index contributed by atoms with van der Waals surface area (Å²) < 4.78 is 16.8. The lowest BCUT2D eigenvalue weighted by Gasteiger charge is -2.18. The molecule has 356 valence electrons. The first-order valence-electron chi connectivity index (χ1n) is 26.9. The second-order valence-electron chi connectivity index (χ2n) is 19.0. The summed E-state index contributed by atoms with van der Waals surface area (Å²) in [6.45, 7) is 9.04. The molecule has 60 heavy (non-hydrogen) atoms. The zero-order chi connectivity index (χ0) is 43.8. The molecule has 6 nitrogen and oxygen atoms in total. The summed E-state index contributed by atoms with van der Waals surface area (Å²) in [6.07, 6.45) is 50.8. The number of rotatable bonds is 49. The fourth-order valence-electron chi connectivity index (χ4n) is 8.22. The zero-order valence-corrected chi connectivity index (χ0v) is 40.9. The molecule has 0 aromatic rings. The van der Waals surface area contributed by atoms with E-state index in [9.17, 15) is 14.4 Å². The van der Waals surface area contributed by atoms with E-state index >= 15 is 0 Å². The molecule has 0 saturated carbocycles. The van der Waals surface area contributed by atoms with Crippen LogP contribution in [0, 0.1) is 5.92 Å². The van der Waals surface area contributed by atoms with Crippen LogP contribution in [0.4, 0.5) is 0 Å². The van der Waals surface area contributed by atoms with Gasteiger partial charge in [-0.15, -0.1) is 0 Å². The molecule has 0 radical (unpaired) electrons. The van der Waals surface area contributed by atoms with Crippen LogP contribution in [0.25, 0.3) is 0 Å². The molecule has 0 saturated heterocycles. The molecule has 0 unspecified atom stereocenters. The summed E-state index contributed by atoms with van der Waals surface area (Å²) in [5, 5.41) is 0. The molecular weight excluding hydrogens is 745 g/mol. The highest BCUT2D eigenvalue weighted by atomic mass is 16.6. The lowest BCUT2D eigenvalue weighted by Crippen LogP contribution is -2.30. The van der Waals surface area contributed by atoms with E-state index in [0.29, 0.717) is 19.3 Å². The molecule has 0 fully saturated rings. The third kappa shape index (κ3) is 47.5. The highest BCUT2D eigenvalue weighted by Crippen LogP contribution is 2.17. The maximum absolute atomic E-state index is 12.8. The van der Waals surface area contributed by atoms with Crippen molar-refractivity contribution in [2.24, 2.45) is 5.92 Å². The first kappa shape index (κ1) is 58.4. The van der Waals surface area contributed by atoms with E-state index in [1.54, 1.807) is 0 Å². The topological polar surface area (TPSA) is 78.9 Å². The minimum Gasteiger partial charge on any atom is -0.462 e. The second-order valence-corrected chi connectivity index (χ2v) is 19.0. The van der Waals surface area contributed by atoms with E-state index in [1.807, 2.05) is 0 Å². The molecule has 0 rings (SSSR count). The van der Waals surface area contributed by atoms with Gasteiger partial charge in [0.05, 0.1) is 0 Å². The summed E-state index contributed by atoms with van der Waals surface area (Å²) in [5.41, 5.74) is 0. The molecule has 0 aliphatic heterocycles. The van der Waals surface area contributed by atoms with Crippen molar-refractivity contribution in [3.05, 3.63) is 0 Å². The largest absolute Gasteiger partial charge is 0.462 e. The predicted octanol–water partition coefficient (Wildman–Crippen LogP) is 17.5. The van der Waals surface area contributed by atoms with E-state index in [1.165, 1.54) is 199 Å². The zero-order valence-electron chi connectivity index (χ0n) is 40.9. The van der Waals surface area contributed by atoms with E-state index in [2.05, 4.69) is 27.7 Å². The van der Waals surface area contributed by atoms with E-state index in [4.69, 9.17) is 14.2 Å². The molecule has 0 heterocycles. The van der Waals surface area contributed by atoms with Crippen molar-refractivity contribution in [3.8, 4) is 0 Å². The number of unbranched alkanes of at least 4 members (excludes halogenated alkanes) is 36. The lowest BCUT2D eigenvalue weighted by molar-refractivity contribution is -0.167. The van der Waals surface area contributed by atoms with Crippen LogP contribution in [0.2, 0.25) is 0 Å². The average molecular weight is 849 g/mol. The van der Waals surface area contributed by atoms with Crippen LogP contribution in [-0.2, 0) is 28.6 Å². The number of ether oxygens (including phenoxy) is 3. The van der Waals surface area contributed by atoms with Crippen molar-refractivity contribution in [1.29, 1.82) is 0 Å². The molecule has 0 aromatic carbocycles. The molecule has 6 heteroatoms. The van der Waals surface area contributed by atoms with Crippen molar-refractivity contribution >= 4 is 17.9 Å². The Hall–Kier alpha value is -1.59. The fourth-order valence-corrected chi connectivity index (χ4v) is 8.22. The van der Waals surface area contributed by atoms with Crippen LogP contribution in [-0.4, -0.2) is 37.2 Å². The molecule has 0 N–H and O–H groups in total. The Bertz CT molecular complexity index is 903. The number of carbonyl (C=O) groups is 3. The first-order chi connectivity index (χ1) is 29.4. The maximum Gasteiger partial charge on any atom is 0.306 e. The number of esters is 3. The summed E-state index contributed by atoms with van der Waals surface area (Å²) >= 11 is 0. The Morgan fingerprint density at radius 2 is 0.550 bits per heavy atom. The van der Waals surface area contributed by atoms with Crippen LogP contribution in [0.1, 0.15) is 304 Å². The number of hydrogen-bond donors (Lipinski definition) is 0. The van der Waals surface area contributed by atoms with Crippen LogP contribution in [0.15, 0.2) is 0 Å². The lowest BCUT2D eigenvalue weighted by atomic mass is 10.0. The van der Waals surface area contributed by atoms with Crippen LogP contribution in [0.3, 0.4) is 0 Å². The monoisotopic (exact) mass is 849 g/mol. The molecule has 0 spiro atoms. The summed E-state index contributed by atoms with van der Waals surface area (Å²) in [5.74, 6) is -0.00706. The molecular formula is C54H104O6. The van der Waals surface area contributed by atoms with Gasteiger partial charge in [-0.3, -0.25) is 14.4 Å². The van der Waals surface area contributed by atoms with Gasteiger partial charge in [0, 0.05) is 19.3 Å². The molecule has 0 aliphatic rings. The molecule has 0 amide bonds. The standard InChI is InChI=1S/C54H104O6/c1-5-7-9-11-13-15-17-19-20-21-27-31-35-39-43-47-54(57)60-51(48-58-52(55)45-41-37-33-29-25-18-16-14-12-10-8-6-2)49-59-53(56)46-42-38-34-30-26-23-22-24-28-32-36-40-44-50(3)4/h50-51H,5-49H2,1-4H3/t51-/m1/s1. The van der Waals surface area contributed by atoms with E-state index < -0.39 is 6.10 Å². The smallest absolute Gasteiger partial charge is 0.306 e. The number of hydrogen-bond acceptors (Lipinski definition) is 6. The quantitative estimate of drug-likeness (QED) is 0.0345. The molecule has 1 atom stereocenters. The van der Waals surface area contributed by atoms with Crippen molar-refractivity contribution in [1.82, 2.24) is 0 Å². The molecule has 0 aromatic heterocycles. The Labute approximate surface area is 374 Å². The second kappa shape index (κ2) is 48.4. The van der Waals surface area contributed by atoms with Crippen molar-refractivity contribution < 1.29 is 28.6 Å². The Kier molecular flexibility index (Phi) is 47.2. The van der Waals surface area contributed by atoms with Gasteiger partial charge in [0.25, 0.3) is 0 Å². The first-order valence-corrected chi connectivity index (χ1v) is 26.9. The van der Waals surface area contributed by atoms with Crippen molar-refractivity contribution in [2.45, 2.75) is 310 Å². The van der Waals surface area contributed by atoms with Gasteiger partial charge in [0.1, 0.15) is 13.2 Å². The Morgan fingerprint density at radius 3 is 0.817 bits per heavy atom. The highest BCUT2D eigenvalue weighted by molar-refractivity contribution is 5.71. The summed E-state index contributed by atoms with van der Waals surface area (Å²) in [6, 6.07) is 0.